The van der Waals surface area contributed by atoms with Crippen LogP contribution in [0.5, 0.6) is 11.5 Å². The number of ether oxygens (including phenoxy) is 2. The van der Waals surface area contributed by atoms with Crippen LogP contribution < -0.4 is 9.47 Å². The van der Waals surface area contributed by atoms with Crippen LogP contribution in [0.2, 0.25) is 0 Å². The van der Waals surface area contributed by atoms with Crippen LogP contribution in [-0.2, 0) is 4.79 Å². The van der Waals surface area contributed by atoms with Gasteiger partial charge in [-0.2, -0.15) is 0 Å². The molecule has 2 atom stereocenters. The van der Waals surface area contributed by atoms with Gasteiger partial charge in [0.25, 0.3) is 5.91 Å². The molecule has 0 radical (unpaired) electrons. The second-order valence-electron chi connectivity index (χ2n) is 6.02. The topological polar surface area (TPSA) is 76.1 Å². The van der Waals surface area contributed by atoms with Crippen molar-refractivity contribution < 1.29 is 28.6 Å². The highest BCUT2D eigenvalue weighted by atomic mass is 19.1. The molecule has 0 saturated carbocycles. The molecule has 0 unspecified atom stereocenters. The fourth-order valence-electron chi connectivity index (χ4n) is 3.39. The van der Waals surface area contributed by atoms with Crippen LogP contribution in [0, 0.1) is 5.82 Å². The van der Waals surface area contributed by atoms with Crippen molar-refractivity contribution in [3.63, 3.8) is 0 Å². The van der Waals surface area contributed by atoms with Gasteiger partial charge in [0.1, 0.15) is 11.7 Å². The van der Waals surface area contributed by atoms with Crippen molar-refractivity contribution in [1.29, 1.82) is 0 Å². The highest BCUT2D eigenvalue weighted by Gasteiger charge is 2.43. The van der Waals surface area contributed by atoms with Crippen LogP contribution in [0.25, 0.3) is 0 Å². The molecule has 7 heteroatoms. The predicted molar refractivity (Wildman–Crippen MR) is 91.2 cm³/mol. The number of hydrogen-bond donors (Lipinski definition) is 1. The summed E-state index contributed by atoms with van der Waals surface area (Å²) in [5.74, 6) is -2.21. The van der Waals surface area contributed by atoms with Crippen LogP contribution in [0.3, 0.4) is 0 Å². The number of benzene rings is 2. The number of rotatable bonds is 4. The second kappa shape index (κ2) is 6.67. The SMILES string of the molecule is COc1cc2c(cc1OC)[C@@H](C(=O)O)[C@@H](c1ccc(F)cc1)N(C)C2=O. The molecule has 3 rings (SSSR count). The Hall–Kier alpha value is -3.09. The van der Waals surface area contributed by atoms with Gasteiger partial charge in [0.15, 0.2) is 11.5 Å². The summed E-state index contributed by atoms with van der Waals surface area (Å²) in [5.41, 5.74) is 1.12. The van der Waals surface area contributed by atoms with E-state index in [2.05, 4.69) is 0 Å². The number of carbonyl (C=O) groups is 2. The van der Waals surface area contributed by atoms with Gasteiger partial charge in [0, 0.05) is 12.6 Å². The standard InChI is InChI=1S/C19H18FNO5/c1-21-17(10-4-6-11(20)7-5-10)16(19(23)24)12-8-14(25-2)15(26-3)9-13(12)18(21)22/h4-9,16-17H,1-3H3,(H,23,24)/t16-,17-/m1/s1. The van der Waals surface area contributed by atoms with Crippen molar-refractivity contribution in [2.24, 2.45) is 0 Å². The number of carbonyl (C=O) groups excluding carboxylic acids is 1. The number of methoxy groups -OCH3 is 2. The number of aliphatic carboxylic acids is 1. The lowest BCUT2D eigenvalue weighted by atomic mass is 9.80. The van der Waals surface area contributed by atoms with Crippen molar-refractivity contribution in [3.8, 4) is 11.5 Å². The third kappa shape index (κ3) is 2.75. The zero-order valence-corrected chi connectivity index (χ0v) is 14.5. The summed E-state index contributed by atoms with van der Waals surface area (Å²) in [4.78, 5) is 26.3. The first-order valence-corrected chi connectivity index (χ1v) is 7.90. The maximum Gasteiger partial charge on any atom is 0.313 e. The first-order valence-electron chi connectivity index (χ1n) is 7.90. The smallest absolute Gasteiger partial charge is 0.313 e. The molecule has 0 bridgehead atoms. The van der Waals surface area contributed by atoms with Crippen molar-refractivity contribution in [2.45, 2.75) is 12.0 Å². The van der Waals surface area contributed by atoms with E-state index in [0.717, 1.165) is 0 Å². The maximum atomic E-state index is 13.3. The van der Waals surface area contributed by atoms with Gasteiger partial charge in [-0.05, 0) is 35.4 Å². The Balaban J connectivity index is 2.23. The molecule has 1 aliphatic rings. The summed E-state index contributed by atoms with van der Waals surface area (Å²) in [6.45, 7) is 0. The fourth-order valence-corrected chi connectivity index (χ4v) is 3.39. The number of carboxylic acid groups (broad SMARTS) is 1. The van der Waals surface area contributed by atoms with Crippen molar-refractivity contribution >= 4 is 11.9 Å². The van der Waals surface area contributed by atoms with E-state index in [4.69, 9.17) is 9.47 Å². The predicted octanol–water partition coefficient (Wildman–Crippen LogP) is 2.84. The van der Waals surface area contributed by atoms with Crippen LogP contribution in [0.15, 0.2) is 36.4 Å². The van der Waals surface area contributed by atoms with E-state index in [-0.39, 0.29) is 11.5 Å². The van der Waals surface area contributed by atoms with Crippen LogP contribution in [-0.4, -0.2) is 43.2 Å². The first-order chi connectivity index (χ1) is 12.4. The number of hydrogen-bond acceptors (Lipinski definition) is 4. The minimum atomic E-state index is -1.09. The van der Waals surface area contributed by atoms with Crippen molar-refractivity contribution in [1.82, 2.24) is 4.90 Å². The zero-order chi connectivity index (χ0) is 19.0. The van der Waals surface area contributed by atoms with Gasteiger partial charge in [-0.1, -0.05) is 12.1 Å². The minimum absolute atomic E-state index is 0.246. The molecule has 6 nitrogen and oxygen atoms in total. The average molecular weight is 359 g/mol. The largest absolute Gasteiger partial charge is 0.493 e. The third-order valence-electron chi connectivity index (χ3n) is 4.65. The van der Waals surface area contributed by atoms with Gasteiger partial charge < -0.3 is 19.5 Å². The van der Waals surface area contributed by atoms with E-state index in [0.29, 0.717) is 22.6 Å². The molecule has 1 heterocycles. The summed E-state index contributed by atoms with van der Waals surface area (Å²) in [6, 6.07) is 7.72. The Kier molecular flexibility index (Phi) is 4.54. The molecule has 2 aromatic carbocycles. The molecule has 0 spiro atoms. The van der Waals surface area contributed by atoms with Gasteiger partial charge >= 0.3 is 5.97 Å². The van der Waals surface area contributed by atoms with E-state index in [1.165, 1.54) is 62.6 Å². The van der Waals surface area contributed by atoms with Crippen LogP contribution in [0.4, 0.5) is 4.39 Å². The molecule has 136 valence electrons. The molecule has 0 saturated heterocycles. The number of carboxylic acids is 1. The van der Waals surface area contributed by atoms with Crippen LogP contribution in [0.1, 0.15) is 33.4 Å². The molecule has 0 aromatic heterocycles. The number of nitrogens with zero attached hydrogens (tertiary/aromatic N) is 1. The lowest BCUT2D eigenvalue weighted by Crippen LogP contribution is -2.42. The van der Waals surface area contributed by atoms with E-state index in [1.54, 1.807) is 0 Å². The highest BCUT2D eigenvalue weighted by Crippen LogP contribution is 2.45. The van der Waals surface area contributed by atoms with Gasteiger partial charge in [-0.25, -0.2) is 4.39 Å². The second-order valence-corrected chi connectivity index (χ2v) is 6.02. The van der Waals surface area contributed by atoms with E-state index in [1.807, 2.05) is 0 Å². The van der Waals surface area contributed by atoms with E-state index >= 15 is 0 Å². The number of amides is 1. The Labute approximate surface area is 149 Å². The molecule has 0 fully saturated rings. The first kappa shape index (κ1) is 17.7. The van der Waals surface area contributed by atoms with E-state index < -0.39 is 23.7 Å². The third-order valence-corrected chi connectivity index (χ3v) is 4.65. The molecule has 1 aliphatic heterocycles. The number of halogens is 1. The van der Waals surface area contributed by atoms with Crippen molar-refractivity contribution in [3.05, 3.63) is 58.9 Å². The molecule has 1 amide bonds. The summed E-state index contributed by atoms with van der Waals surface area (Å²) >= 11 is 0. The van der Waals surface area contributed by atoms with Gasteiger partial charge in [-0.3, -0.25) is 9.59 Å². The molecule has 2 aromatic rings. The Morgan fingerprint density at radius 3 is 2.23 bits per heavy atom. The summed E-state index contributed by atoms with van der Waals surface area (Å²) < 4.78 is 23.8. The normalized spacial score (nSPS) is 19.1. The molecule has 1 N–H and O–H groups in total. The summed E-state index contributed by atoms with van der Waals surface area (Å²) in [6.07, 6.45) is 0. The average Bonchev–Trinajstić information content (AvgIpc) is 2.64. The Bertz CT molecular complexity index is 865. The minimum Gasteiger partial charge on any atom is -0.493 e. The summed E-state index contributed by atoms with van der Waals surface area (Å²) in [7, 11) is 4.41. The lowest BCUT2D eigenvalue weighted by molar-refractivity contribution is -0.140. The van der Waals surface area contributed by atoms with Crippen molar-refractivity contribution in [2.75, 3.05) is 21.3 Å². The monoisotopic (exact) mass is 359 g/mol. The Morgan fingerprint density at radius 1 is 1.12 bits per heavy atom. The highest BCUT2D eigenvalue weighted by molar-refractivity contribution is 6.01. The summed E-state index contributed by atoms with van der Waals surface area (Å²) in [5, 5.41) is 9.88. The molecule has 0 aliphatic carbocycles. The van der Waals surface area contributed by atoms with Gasteiger partial charge in [-0.15, -0.1) is 0 Å². The fraction of sp³-hybridized carbons (Fsp3) is 0.263. The molecule has 26 heavy (non-hydrogen) atoms. The van der Waals surface area contributed by atoms with Gasteiger partial charge in [0.05, 0.1) is 20.3 Å². The Morgan fingerprint density at radius 2 is 1.69 bits per heavy atom. The lowest BCUT2D eigenvalue weighted by Gasteiger charge is -2.38. The number of fused-ring (bicyclic) bond motifs is 1. The maximum absolute atomic E-state index is 13.3. The van der Waals surface area contributed by atoms with Crippen LogP contribution >= 0.6 is 0 Å². The van der Waals surface area contributed by atoms with Gasteiger partial charge in [0.2, 0.25) is 0 Å². The quantitative estimate of drug-likeness (QED) is 0.908. The molecular formula is C19H18FNO5. The number of likely N-dealkylation sites (N-methyl/N-ethyl adjacent to an activating group) is 1. The molecular weight excluding hydrogens is 341 g/mol. The zero-order valence-electron chi connectivity index (χ0n) is 14.5. The van der Waals surface area contributed by atoms with E-state index in [9.17, 15) is 19.1 Å².